The minimum absolute atomic E-state index is 0.738. The third kappa shape index (κ3) is 0.996. The van der Waals surface area contributed by atoms with E-state index in [-0.39, 0.29) is 0 Å². The van der Waals surface area contributed by atoms with E-state index in [1.54, 1.807) is 0 Å². The summed E-state index contributed by atoms with van der Waals surface area (Å²) in [4.78, 5) is 10.6. The fourth-order valence-electron chi connectivity index (χ4n) is 1.29. The van der Waals surface area contributed by atoms with Gasteiger partial charge in [0.2, 0.25) is 0 Å². The number of fused-ring (bicyclic) bond motifs is 1. The van der Waals surface area contributed by atoms with Crippen molar-refractivity contribution in [3.8, 4) is 0 Å². The summed E-state index contributed by atoms with van der Waals surface area (Å²) in [5.74, 6) is 0. The molecule has 2 rings (SSSR count). The summed E-state index contributed by atoms with van der Waals surface area (Å²) in [5, 5.41) is 2.05. The molecule has 0 atom stereocenters. The minimum Gasteiger partial charge on any atom is -0.298 e. The Morgan fingerprint density at radius 3 is 3.00 bits per heavy atom. The van der Waals surface area contributed by atoms with E-state index in [1.807, 2.05) is 36.4 Å². The molecular weight excluding hydrogens is 148 g/mol. The van der Waals surface area contributed by atoms with Gasteiger partial charge in [-0.25, -0.2) is 0 Å². The molecule has 0 spiro atoms. The molecule has 12 heavy (non-hydrogen) atoms. The molecule has 0 amide bonds. The molecule has 0 unspecified atom stereocenters. The van der Waals surface area contributed by atoms with Gasteiger partial charge in [-0.2, -0.15) is 0 Å². The van der Waals surface area contributed by atoms with Crippen LogP contribution >= 0.6 is 0 Å². The smallest absolute Gasteiger partial charge is 0.150 e. The number of hydrogen-bond acceptors (Lipinski definition) is 1. The molecule has 0 bridgehead atoms. The quantitative estimate of drug-likeness (QED) is 0.578. The van der Waals surface area contributed by atoms with Crippen LogP contribution in [0.5, 0.6) is 0 Å². The van der Waals surface area contributed by atoms with Gasteiger partial charge < -0.3 is 0 Å². The van der Waals surface area contributed by atoms with Gasteiger partial charge >= 0.3 is 0 Å². The first-order chi connectivity index (χ1) is 5.92. The highest BCUT2D eigenvalue weighted by Gasteiger charge is 1.96. The van der Waals surface area contributed by atoms with Crippen LogP contribution < -0.4 is 0 Å². The number of carbonyl (C=O) groups excluding carboxylic acids is 1. The van der Waals surface area contributed by atoms with Gasteiger partial charge in [0.1, 0.15) is 0 Å². The average Bonchev–Trinajstić information content (AvgIpc) is 2.17. The molecule has 1 nitrogen and oxygen atoms in total. The molecule has 0 aliphatic heterocycles. The molecule has 0 N–H and O–H groups in total. The molecule has 0 aromatic heterocycles. The van der Waals surface area contributed by atoms with Gasteiger partial charge in [0.15, 0.2) is 6.29 Å². The van der Waals surface area contributed by atoms with Crippen molar-refractivity contribution >= 4 is 17.1 Å². The Balaban J connectivity index is 2.88. The largest absolute Gasteiger partial charge is 0.298 e. The Hall–Kier alpha value is -1.63. The van der Waals surface area contributed by atoms with Crippen LogP contribution in [0.15, 0.2) is 36.4 Å². The highest BCUT2D eigenvalue weighted by Crippen LogP contribution is 2.15. The summed E-state index contributed by atoms with van der Waals surface area (Å²) in [5.41, 5.74) is 0.738. The Morgan fingerprint density at radius 1 is 1.25 bits per heavy atom. The monoisotopic (exact) mass is 155 g/mol. The van der Waals surface area contributed by atoms with Crippen LogP contribution in [0, 0.1) is 6.07 Å². The third-order valence-corrected chi connectivity index (χ3v) is 1.89. The second-order valence-corrected chi connectivity index (χ2v) is 2.61. The van der Waals surface area contributed by atoms with Gasteiger partial charge in [-0.3, -0.25) is 4.79 Å². The molecule has 1 heteroatoms. The maximum Gasteiger partial charge on any atom is 0.150 e. The van der Waals surface area contributed by atoms with Crippen LogP contribution in [0.25, 0.3) is 10.8 Å². The van der Waals surface area contributed by atoms with Gasteiger partial charge in [-0.15, -0.1) is 0 Å². The van der Waals surface area contributed by atoms with Crippen LogP contribution in [0.2, 0.25) is 0 Å². The molecular formula is C11H7O. The van der Waals surface area contributed by atoms with Gasteiger partial charge in [0.05, 0.1) is 0 Å². The SMILES string of the molecule is O=Cc1cccc2c[c]ccc12. The Morgan fingerprint density at radius 2 is 2.17 bits per heavy atom. The fourth-order valence-corrected chi connectivity index (χ4v) is 1.29. The maximum absolute atomic E-state index is 10.6. The summed E-state index contributed by atoms with van der Waals surface area (Å²) < 4.78 is 0. The number of hydrogen-bond donors (Lipinski definition) is 0. The van der Waals surface area contributed by atoms with Crippen LogP contribution in [0.3, 0.4) is 0 Å². The summed E-state index contributed by atoms with van der Waals surface area (Å²) >= 11 is 0. The standard InChI is InChI=1S/C11H7O/c12-8-10-6-3-5-9-4-1-2-7-11(9)10/h2-8H. The van der Waals surface area contributed by atoms with Crippen molar-refractivity contribution in [1.29, 1.82) is 0 Å². The second kappa shape index (κ2) is 2.78. The lowest BCUT2D eigenvalue weighted by molar-refractivity contribution is 0.112. The van der Waals surface area contributed by atoms with Crippen molar-refractivity contribution in [2.75, 3.05) is 0 Å². The van der Waals surface area contributed by atoms with E-state index in [0.29, 0.717) is 0 Å². The first kappa shape index (κ1) is 7.04. The average molecular weight is 155 g/mol. The van der Waals surface area contributed by atoms with Crippen molar-refractivity contribution in [1.82, 2.24) is 0 Å². The van der Waals surface area contributed by atoms with Crippen molar-refractivity contribution < 1.29 is 4.79 Å². The third-order valence-electron chi connectivity index (χ3n) is 1.89. The molecule has 0 aliphatic carbocycles. The predicted molar refractivity (Wildman–Crippen MR) is 48.2 cm³/mol. The normalized spacial score (nSPS) is 10.0. The van der Waals surface area contributed by atoms with Crippen molar-refractivity contribution in [3.63, 3.8) is 0 Å². The van der Waals surface area contributed by atoms with E-state index < -0.39 is 0 Å². The van der Waals surface area contributed by atoms with Gasteiger partial charge in [-0.1, -0.05) is 30.3 Å². The van der Waals surface area contributed by atoms with E-state index in [0.717, 1.165) is 22.6 Å². The van der Waals surface area contributed by atoms with Crippen LogP contribution in [-0.2, 0) is 0 Å². The number of aldehydes is 1. The minimum atomic E-state index is 0.738. The summed E-state index contributed by atoms with van der Waals surface area (Å²) in [6, 6.07) is 14.2. The number of benzene rings is 2. The maximum atomic E-state index is 10.6. The summed E-state index contributed by atoms with van der Waals surface area (Å²) in [6.07, 6.45) is 0.877. The molecule has 0 saturated heterocycles. The lowest BCUT2D eigenvalue weighted by Crippen LogP contribution is -1.81. The first-order valence-electron chi connectivity index (χ1n) is 3.76. The van der Waals surface area contributed by atoms with Gasteiger partial charge in [0, 0.05) is 5.56 Å². The van der Waals surface area contributed by atoms with E-state index >= 15 is 0 Å². The van der Waals surface area contributed by atoms with Crippen LogP contribution in [-0.4, -0.2) is 6.29 Å². The number of rotatable bonds is 1. The lowest BCUT2D eigenvalue weighted by Gasteiger charge is -1.97. The van der Waals surface area contributed by atoms with E-state index in [9.17, 15) is 4.79 Å². The van der Waals surface area contributed by atoms with E-state index in [4.69, 9.17) is 0 Å². The van der Waals surface area contributed by atoms with E-state index in [2.05, 4.69) is 6.07 Å². The Bertz CT molecular complexity index is 413. The van der Waals surface area contributed by atoms with Crippen LogP contribution in [0.4, 0.5) is 0 Å². The van der Waals surface area contributed by atoms with E-state index in [1.165, 1.54) is 0 Å². The molecule has 0 saturated carbocycles. The molecule has 2 aromatic rings. The zero-order valence-corrected chi connectivity index (χ0v) is 6.45. The molecule has 0 heterocycles. The fraction of sp³-hybridized carbons (Fsp3) is 0. The van der Waals surface area contributed by atoms with Crippen molar-refractivity contribution in [2.24, 2.45) is 0 Å². The summed E-state index contributed by atoms with van der Waals surface area (Å²) in [7, 11) is 0. The predicted octanol–water partition coefficient (Wildman–Crippen LogP) is 2.45. The zero-order valence-electron chi connectivity index (χ0n) is 6.45. The van der Waals surface area contributed by atoms with Crippen molar-refractivity contribution in [3.05, 3.63) is 48.0 Å². The topological polar surface area (TPSA) is 17.1 Å². The number of carbonyl (C=O) groups is 1. The molecule has 1 radical (unpaired) electrons. The summed E-state index contributed by atoms with van der Waals surface area (Å²) in [6.45, 7) is 0. The highest BCUT2D eigenvalue weighted by molar-refractivity contribution is 5.97. The van der Waals surface area contributed by atoms with Crippen molar-refractivity contribution in [2.45, 2.75) is 0 Å². The molecule has 0 fully saturated rings. The van der Waals surface area contributed by atoms with Gasteiger partial charge in [-0.05, 0) is 22.9 Å². The van der Waals surface area contributed by atoms with Gasteiger partial charge in [0.25, 0.3) is 0 Å². The first-order valence-corrected chi connectivity index (χ1v) is 3.76. The molecule has 0 aliphatic rings. The zero-order chi connectivity index (χ0) is 8.39. The molecule has 2 aromatic carbocycles. The lowest BCUT2D eigenvalue weighted by atomic mass is 10.1. The highest BCUT2D eigenvalue weighted by atomic mass is 16.1. The Labute approximate surface area is 70.6 Å². The van der Waals surface area contributed by atoms with Crippen LogP contribution in [0.1, 0.15) is 10.4 Å². The second-order valence-electron chi connectivity index (χ2n) is 2.61. The Kier molecular flexibility index (Phi) is 1.63. The molecule has 57 valence electrons.